The Hall–Kier alpha value is -0.760. The van der Waals surface area contributed by atoms with Crippen LogP contribution in [0.15, 0.2) is 44.7 Å². The average molecular weight is 373 g/mol. The van der Waals surface area contributed by atoms with Crippen LogP contribution in [-0.2, 0) is 16.6 Å². The molecule has 1 aliphatic rings. The van der Waals surface area contributed by atoms with Crippen molar-refractivity contribution < 1.29 is 8.42 Å². The lowest BCUT2D eigenvalue weighted by Crippen LogP contribution is -2.32. The first-order valence-electron chi connectivity index (χ1n) is 6.23. The van der Waals surface area contributed by atoms with E-state index in [0.29, 0.717) is 15.2 Å². The Morgan fingerprint density at radius 1 is 1.40 bits per heavy atom. The zero-order valence-corrected chi connectivity index (χ0v) is 13.8. The number of rotatable bonds is 5. The Labute approximate surface area is 130 Å². The average Bonchev–Trinajstić information content (AvgIpc) is 3.18. The van der Waals surface area contributed by atoms with Gasteiger partial charge in [0.15, 0.2) is 0 Å². The van der Waals surface area contributed by atoms with E-state index in [-0.39, 0.29) is 6.04 Å². The molecule has 106 valence electrons. The summed E-state index contributed by atoms with van der Waals surface area (Å²) in [7, 11) is -3.45. The fourth-order valence-electron chi connectivity index (χ4n) is 2.01. The lowest BCUT2D eigenvalue weighted by atomic mass is 10.3. The molecule has 0 atom stereocenters. The molecule has 0 aromatic carbocycles. The van der Waals surface area contributed by atoms with E-state index in [1.54, 1.807) is 28.1 Å². The number of pyridine rings is 1. The maximum atomic E-state index is 12.8. The summed E-state index contributed by atoms with van der Waals surface area (Å²) < 4.78 is 28.2. The summed E-state index contributed by atoms with van der Waals surface area (Å²) >= 11 is 4.57. The molecule has 20 heavy (non-hydrogen) atoms. The zero-order chi connectivity index (χ0) is 14.2. The SMILES string of the molecule is O=S(=O)(c1sccc1Br)N(Cc1cccnc1)C1CC1. The van der Waals surface area contributed by atoms with Crippen LogP contribution in [0.25, 0.3) is 0 Å². The van der Waals surface area contributed by atoms with Crippen LogP contribution >= 0.6 is 27.3 Å². The number of sulfonamides is 1. The lowest BCUT2D eigenvalue weighted by Gasteiger charge is -2.21. The fraction of sp³-hybridized carbons (Fsp3) is 0.308. The molecule has 2 heterocycles. The molecule has 0 aliphatic heterocycles. The van der Waals surface area contributed by atoms with Gasteiger partial charge in [0.1, 0.15) is 4.21 Å². The topological polar surface area (TPSA) is 50.3 Å². The Bertz CT molecular complexity index is 696. The molecule has 2 aromatic rings. The summed E-state index contributed by atoms with van der Waals surface area (Å²) in [6.07, 6.45) is 5.27. The Morgan fingerprint density at radius 2 is 2.20 bits per heavy atom. The number of aromatic nitrogens is 1. The predicted molar refractivity (Wildman–Crippen MR) is 82.0 cm³/mol. The number of thiophene rings is 1. The maximum absolute atomic E-state index is 12.8. The molecule has 1 aliphatic carbocycles. The Balaban J connectivity index is 1.93. The highest BCUT2D eigenvalue weighted by atomic mass is 79.9. The van der Waals surface area contributed by atoms with Crippen molar-refractivity contribution in [1.82, 2.24) is 9.29 Å². The maximum Gasteiger partial charge on any atom is 0.254 e. The van der Waals surface area contributed by atoms with Crippen LogP contribution in [0.2, 0.25) is 0 Å². The van der Waals surface area contributed by atoms with Crippen LogP contribution in [0.5, 0.6) is 0 Å². The van der Waals surface area contributed by atoms with Crippen molar-refractivity contribution in [2.75, 3.05) is 0 Å². The predicted octanol–water partition coefficient (Wildman–Crippen LogP) is 3.26. The van der Waals surface area contributed by atoms with E-state index in [1.165, 1.54) is 11.3 Å². The van der Waals surface area contributed by atoms with Gasteiger partial charge >= 0.3 is 0 Å². The minimum absolute atomic E-state index is 0.120. The van der Waals surface area contributed by atoms with Crippen molar-refractivity contribution in [3.8, 4) is 0 Å². The fourth-order valence-corrected chi connectivity index (χ4v) is 6.11. The van der Waals surface area contributed by atoms with Gasteiger partial charge in [-0.1, -0.05) is 6.07 Å². The second-order valence-electron chi connectivity index (χ2n) is 4.70. The van der Waals surface area contributed by atoms with Gasteiger partial charge in [0.2, 0.25) is 0 Å². The van der Waals surface area contributed by atoms with Crippen molar-refractivity contribution in [2.45, 2.75) is 29.6 Å². The van der Waals surface area contributed by atoms with Crippen molar-refractivity contribution in [1.29, 1.82) is 0 Å². The van der Waals surface area contributed by atoms with Crippen LogP contribution in [0.4, 0.5) is 0 Å². The van der Waals surface area contributed by atoms with Crippen molar-refractivity contribution in [3.05, 3.63) is 46.0 Å². The molecule has 0 radical (unpaired) electrons. The zero-order valence-electron chi connectivity index (χ0n) is 10.6. The van der Waals surface area contributed by atoms with Crippen molar-refractivity contribution in [3.63, 3.8) is 0 Å². The minimum Gasteiger partial charge on any atom is -0.264 e. The van der Waals surface area contributed by atoms with Gasteiger partial charge in [0.25, 0.3) is 10.0 Å². The molecule has 0 unspecified atom stereocenters. The van der Waals surface area contributed by atoms with E-state index in [4.69, 9.17) is 0 Å². The molecular formula is C13H13BrN2O2S2. The molecule has 0 saturated heterocycles. The lowest BCUT2D eigenvalue weighted by molar-refractivity contribution is 0.399. The molecule has 0 bridgehead atoms. The molecule has 0 N–H and O–H groups in total. The smallest absolute Gasteiger partial charge is 0.254 e. The van der Waals surface area contributed by atoms with Gasteiger partial charge in [0, 0.05) is 29.5 Å². The highest BCUT2D eigenvalue weighted by Gasteiger charge is 2.39. The van der Waals surface area contributed by atoms with Gasteiger partial charge in [0.05, 0.1) is 0 Å². The Morgan fingerprint density at radius 3 is 2.75 bits per heavy atom. The minimum atomic E-state index is -3.45. The van der Waals surface area contributed by atoms with E-state index in [9.17, 15) is 8.42 Å². The van der Waals surface area contributed by atoms with Crippen molar-refractivity contribution in [2.24, 2.45) is 0 Å². The van der Waals surface area contributed by atoms with Crippen LogP contribution in [-0.4, -0.2) is 23.7 Å². The summed E-state index contributed by atoms with van der Waals surface area (Å²) in [6, 6.07) is 5.62. The second kappa shape index (κ2) is 5.55. The van der Waals surface area contributed by atoms with Crippen molar-refractivity contribution >= 4 is 37.3 Å². The molecular weight excluding hydrogens is 360 g/mol. The third-order valence-corrected chi connectivity index (χ3v) is 7.69. The van der Waals surface area contributed by atoms with Crippen LogP contribution < -0.4 is 0 Å². The van der Waals surface area contributed by atoms with Gasteiger partial charge in [-0.3, -0.25) is 4.98 Å². The highest BCUT2D eigenvalue weighted by molar-refractivity contribution is 9.10. The van der Waals surface area contributed by atoms with Crippen LogP contribution in [0, 0.1) is 0 Å². The number of hydrogen-bond acceptors (Lipinski definition) is 4. The van der Waals surface area contributed by atoms with E-state index in [0.717, 1.165) is 18.4 Å². The monoisotopic (exact) mass is 372 g/mol. The van der Waals surface area contributed by atoms with E-state index in [1.807, 2.05) is 12.1 Å². The van der Waals surface area contributed by atoms with Crippen LogP contribution in [0.1, 0.15) is 18.4 Å². The first kappa shape index (κ1) is 14.2. The second-order valence-corrected chi connectivity index (χ2v) is 8.55. The number of nitrogens with zero attached hydrogens (tertiary/aromatic N) is 2. The van der Waals surface area contributed by atoms with Gasteiger partial charge in [-0.2, -0.15) is 4.31 Å². The third kappa shape index (κ3) is 2.81. The summed E-state index contributed by atoms with van der Waals surface area (Å²) in [4.78, 5) is 4.05. The molecule has 4 nitrogen and oxygen atoms in total. The normalized spacial score (nSPS) is 15.7. The summed E-state index contributed by atoms with van der Waals surface area (Å²) in [5.41, 5.74) is 0.913. The molecule has 0 spiro atoms. The summed E-state index contributed by atoms with van der Waals surface area (Å²) in [5, 5.41) is 1.78. The van der Waals surface area contributed by atoms with Gasteiger partial charge in [-0.15, -0.1) is 11.3 Å². The Kier molecular flexibility index (Phi) is 3.94. The number of hydrogen-bond donors (Lipinski definition) is 0. The number of halogens is 1. The van der Waals surface area contributed by atoms with Crippen LogP contribution in [0.3, 0.4) is 0 Å². The molecule has 1 fully saturated rings. The quantitative estimate of drug-likeness (QED) is 0.809. The molecule has 2 aromatic heterocycles. The standard InChI is InChI=1S/C13H13BrN2O2S2/c14-12-5-7-19-13(12)20(17,18)16(11-3-4-11)9-10-2-1-6-15-8-10/h1-2,5-8,11H,3-4,9H2. The third-order valence-electron chi connectivity index (χ3n) is 3.14. The molecule has 1 saturated carbocycles. The summed E-state index contributed by atoms with van der Waals surface area (Å²) in [5.74, 6) is 0. The van der Waals surface area contributed by atoms with Gasteiger partial charge in [-0.25, -0.2) is 8.42 Å². The molecule has 3 rings (SSSR count). The first-order valence-corrected chi connectivity index (χ1v) is 9.34. The van der Waals surface area contributed by atoms with Gasteiger partial charge in [-0.05, 0) is 51.8 Å². The van der Waals surface area contributed by atoms with E-state index < -0.39 is 10.0 Å². The largest absolute Gasteiger partial charge is 0.264 e. The van der Waals surface area contributed by atoms with Gasteiger partial charge < -0.3 is 0 Å². The molecule has 0 amide bonds. The highest BCUT2D eigenvalue weighted by Crippen LogP contribution is 2.37. The van der Waals surface area contributed by atoms with E-state index in [2.05, 4.69) is 20.9 Å². The summed E-state index contributed by atoms with van der Waals surface area (Å²) in [6.45, 7) is 0.380. The van der Waals surface area contributed by atoms with E-state index >= 15 is 0 Å². The molecule has 7 heteroatoms. The first-order chi connectivity index (χ1) is 9.59.